The smallest absolute Gasteiger partial charge is 0.222 e. The van der Waals surface area contributed by atoms with Crippen LogP contribution in [-0.2, 0) is 16.0 Å². The van der Waals surface area contributed by atoms with Crippen LogP contribution >= 0.6 is 0 Å². The van der Waals surface area contributed by atoms with Gasteiger partial charge in [-0.25, -0.2) is 0 Å². The summed E-state index contributed by atoms with van der Waals surface area (Å²) in [4.78, 5) is 14.1. The van der Waals surface area contributed by atoms with Gasteiger partial charge in [-0.15, -0.1) is 0 Å². The Balaban J connectivity index is 1.50. The fourth-order valence-electron chi connectivity index (χ4n) is 2.84. The Hall–Kier alpha value is -1.39. The largest absolute Gasteiger partial charge is 0.381 e. The molecule has 0 aromatic heterocycles. The van der Waals surface area contributed by atoms with Gasteiger partial charge in [-0.05, 0) is 43.7 Å². The molecular weight excluding hydrogens is 276 g/mol. The van der Waals surface area contributed by atoms with Crippen molar-refractivity contribution >= 4 is 5.91 Å². The van der Waals surface area contributed by atoms with Crippen LogP contribution in [0.15, 0.2) is 30.3 Å². The summed E-state index contributed by atoms with van der Waals surface area (Å²) in [5.41, 5.74) is 6.97. The molecule has 1 fully saturated rings. The highest BCUT2D eigenvalue weighted by molar-refractivity contribution is 5.76. The van der Waals surface area contributed by atoms with Gasteiger partial charge >= 0.3 is 0 Å². The number of hydrogen-bond acceptors (Lipinski definition) is 3. The van der Waals surface area contributed by atoms with E-state index in [2.05, 4.69) is 12.1 Å². The number of ether oxygens (including phenoxy) is 1. The molecule has 0 atom stereocenters. The lowest BCUT2D eigenvalue weighted by atomic mass is 9.97. The number of nitrogens with two attached hydrogens (primary N) is 1. The molecule has 1 heterocycles. The number of carbonyl (C=O) groups is 1. The second-order valence-electron chi connectivity index (χ2n) is 6.01. The van der Waals surface area contributed by atoms with Crippen molar-refractivity contribution in [2.75, 3.05) is 32.8 Å². The van der Waals surface area contributed by atoms with Crippen molar-refractivity contribution in [3.8, 4) is 0 Å². The number of likely N-dealkylation sites (tertiary alicyclic amines) is 1. The van der Waals surface area contributed by atoms with Crippen LogP contribution in [0.25, 0.3) is 0 Å². The molecule has 1 amide bonds. The highest BCUT2D eigenvalue weighted by Crippen LogP contribution is 2.16. The summed E-state index contributed by atoms with van der Waals surface area (Å²) in [6.07, 6.45) is 4.44. The van der Waals surface area contributed by atoms with E-state index in [1.807, 2.05) is 23.1 Å². The zero-order valence-electron chi connectivity index (χ0n) is 13.4. The summed E-state index contributed by atoms with van der Waals surface area (Å²) in [6.45, 7) is 3.88. The number of carbonyl (C=O) groups excluding carboxylic acids is 1. The van der Waals surface area contributed by atoms with Crippen LogP contribution in [-0.4, -0.2) is 43.7 Å². The Morgan fingerprint density at radius 2 is 1.91 bits per heavy atom. The van der Waals surface area contributed by atoms with E-state index in [0.717, 1.165) is 51.9 Å². The molecule has 0 aliphatic carbocycles. The maximum absolute atomic E-state index is 12.1. The van der Waals surface area contributed by atoms with Gasteiger partial charge in [0.25, 0.3) is 0 Å². The summed E-state index contributed by atoms with van der Waals surface area (Å²) < 4.78 is 5.62. The zero-order chi connectivity index (χ0) is 15.6. The SMILES string of the molecule is NCC1CCN(C(=O)CCCOCCc2ccccc2)CC1. The van der Waals surface area contributed by atoms with Gasteiger partial charge in [0.2, 0.25) is 5.91 Å². The highest BCUT2D eigenvalue weighted by Gasteiger charge is 2.21. The van der Waals surface area contributed by atoms with Crippen molar-refractivity contribution in [1.82, 2.24) is 4.90 Å². The van der Waals surface area contributed by atoms with E-state index in [1.165, 1.54) is 5.56 Å². The second kappa shape index (κ2) is 9.59. The Kier molecular flexibility index (Phi) is 7.40. The molecule has 1 aliphatic rings. The number of rotatable bonds is 8. The van der Waals surface area contributed by atoms with E-state index in [9.17, 15) is 4.79 Å². The molecule has 22 heavy (non-hydrogen) atoms. The van der Waals surface area contributed by atoms with E-state index < -0.39 is 0 Å². The predicted octanol–water partition coefficient (Wildman–Crippen LogP) is 2.22. The lowest BCUT2D eigenvalue weighted by Crippen LogP contribution is -2.40. The van der Waals surface area contributed by atoms with Gasteiger partial charge in [0.1, 0.15) is 0 Å². The monoisotopic (exact) mass is 304 g/mol. The number of nitrogens with zero attached hydrogens (tertiary/aromatic N) is 1. The molecule has 2 N–H and O–H groups in total. The summed E-state index contributed by atoms with van der Waals surface area (Å²) in [5, 5.41) is 0. The van der Waals surface area contributed by atoms with Crippen molar-refractivity contribution in [3.63, 3.8) is 0 Å². The van der Waals surface area contributed by atoms with Crippen LogP contribution in [0.3, 0.4) is 0 Å². The molecule has 1 aromatic carbocycles. The lowest BCUT2D eigenvalue weighted by molar-refractivity contribution is -0.132. The van der Waals surface area contributed by atoms with Gasteiger partial charge in [0.15, 0.2) is 0 Å². The number of amides is 1. The summed E-state index contributed by atoms with van der Waals surface area (Å²) >= 11 is 0. The first-order valence-electron chi connectivity index (χ1n) is 8.39. The molecule has 2 rings (SSSR count). The van der Waals surface area contributed by atoms with E-state index in [1.54, 1.807) is 0 Å². The van der Waals surface area contributed by atoms with Crippen molar-refractivity contribution < 1.29 is 9.53 Å². The first-order valence-corrected chi connectivity index (χ1v) is 8.39. The summed E-state index contributed by atoms with van der Waals surface area (Å²) in [5.74, 6) is 0.868. The minimum atomic E-state index is 0.266. The van der Waals surface area contributed by atoms with Crippen LogP contribution in [0.1, 0.15) is 31.2 Å². The Bertz CT molecular complexity index is 428. The molecule has 0 bridgehead atoms. The van der Waals surface area contributed by atoms with E-state index in [-0.39, 0.29) is 5.91 Å². The van der Waals surface area contributed by atoms with Gasteiger partial charge in [-0.3, -0.25) is 4.79 Å². The molecule has 4 heteroatoms. The molecule has 0 spiro atoms. The Labute approximate surface area is 133 Å². The second-order valence-corrected chi connectivity index (χ2v) is 6.01. The minimum Gasteiger partial charge on any atom is -0.381 e. The van der Waals surface area contributed by atoms with E-state index in [0.29, 0.717) is 18.9 Å². The summed E-state index contributed by atoms with van der Waals surface area (Å²) in [6, 6.07) is 10.3. The summed E-state index contributed by atoms with van der Waals surface area (Å²) in [7, 11) is 0. The van der Waals surface area contributed by atoms with Crippen LogP contribution < -0.4 is 5.73 Å². The van der Waals surface area contributed by atoms with Gasteiger partial charge in [-0.1, -0.05) is 30.3 Å². The Morgan fingerprint density at radius 3 is 2.59 bits per heavy atom. The molecular formula is C18H28N2O2. The van der Waals surface area contributed by atoms with Crippen molar-refractivity contribution in [2.24, 2.45) is 11.7 Å². The lowest BCUT2D eigenvalue weighted by Gasteiger charge is -2.31. The van der Waals surface area contributed by atoms with Gasteiger partial charge in [0.05, 0.1) is 6.61 Å². The first-order chi connectivity index (χ1) is 10.8. The van der Waals surface area contributed by atoms with E-state index in [4.69, 9.17) is 10.5 Å². The number of piperidine rings is 1. The third-order valence-electron chi connectivity index (χ3n) is 4.36. The maximum Gasteiger partial charge on any atom is 0.222 e. The molecule has 1 saturated heterocycles. The van der Waals surface area contributed by atoms with Crippen LogP contribution in [0.5, 0.6) is 0 Å². The average molecular weight is 304 g/mol. The van der Waals surface area contributed by atoms with Gasteiger partial charge in [0, 0.05) is 26.1 Å². The quantitative estimate of drug-likeness (QED) is 0.749. The first kappa shape index (κ1) is 17.0. The minimum absolute atomic E-state index is 0.266. The molecule has 0 saturated carbocycles. The van der Waals surface area contributed by atoms with Gasteiger partial charge < -0.3 is 15.4 Å². The Morgan fingerprint density at radius 1 is 1.18 bits per heavy atom. The predicted molar refractivity (Wildman–Crippen MR) is 88.6 cm³/mol. The van der Waals surface area contributed by atoms with Crippen LogP contribution in [0.4, 0.5) is 0 Å². The average Bonchev–Trinajstić information content (AvgIpc) is 2.58. The van der Waals surface area contributed by atoms with Gasteiger partial charge in [-0.2, -0.15) is 0 Å². The third kappa shape index (κ3) is 5.78. The normalized spacial score (nSPS) is 16.0. The molecule has 122 valence electrons. The standard InChI is InChI=1S/C18H28N2O2/c19-15-17-8-11-20(12-9-17)18(21)7-4-13-22-14-10-16-5-2-1-3-6-16/h1-3,5-6,17H,4,7-15,19H2. The highest BCUT2D eigenvalue weighted by atomic mass is 16.5. The van der Waals surface area contributed by atoms with Crippen LogP contribution in [0, 0.1) is 5.92 Å². The van der Waals surface area contributed by atoms with Crippen molar-refractivity contribution in [1.29, 1.82) is 0 Å². The fraction of sp³-hybridized carbons (Fsp3) is 0.611. The van der Waals surface area contributed by atoms with Crippen molar-refractivity contribution in [2.45, 2.75) is 32.1 Å². The fourth-order valence-corrected chi connectivity index (χ4v) is 2.84. The molecule has 4 nitrogen and oxygen atoms in total. The number of benzene rings is 1. The third-order valence-corrected chi connectivity index (χ3v) is 4.36. The number of hydrogen-bond donors (Lipinski definition) is 1. The maximum atomic E-state index is 12.1. The van der Waals surface area contributed by atoms with Crippen LogP contribution in [0.2, 0.25) is 0 Å². The van der Waals surface area contributed by atoms with E-state index >= 15 is 0 Å². The topological polar surface area (TPSA) is 55.6 Å². The van der Waals surface area contributed by atoms with Crippen molar-refractivity contribution in [3.05, 3.63) is 35.9 Å². The molecule has 0 radical (unpaired) electrons. The molecule has 1 aliphatic heterocycles. The molecule has 1 aromatic rings. The molecule has 0 unspecified atom stereocenters. The zero-order valence-corrected chi connectivity index (χ0v) is 13.4.